The number of nitriles is 1. The lowest BCUT2D eigenvalue weighted by molar-refractivity contribution is 0.140. The van der Waals surface area contributed by atoms with E-state index in [1.165, 1.54) is 6.07 Å². The maximum absolute atomic E-state index is 13.7. The van der Waals surface area contributed by atoms with Gasteiger partial charge in [0.1, 0.15) is 12.4 Å². The SMILES string of the molecule is N#CCc1ccc(C#CCCNC(=O)OCc2ccccc2)cc1F. The van der Waals surface area contributed by atoms with E-state index in [-0.39, 0.29) is 13.0 Å². The van der Waals surface area contributed by atoms with Gasteiger partial charge in [0.2, 0.25) is 0 Å². The highest BCUT2D eigenvalue weighted by Gasteiger charge is 2.02. The molecule has 0 bridgehead atoms. The van der Waals surface area contributed by atoms with Crippen molar-refractivity contribution < 1.29 is 13.9 Å². The lowest BCUT2D eigenvalue weighted by Gasteiger charge is -2.05. The molecule has 0 atom stereocenters. The van der Waals surface area contributed by atoms with Gasteiger partial charge in [-0.05, 0) is 17.7 Å². The second-order valence-corrected chi connectivity index (χ2v) is 5.18. The molecule has 0 aromatic heterocycles. The topological polar surface area (TPSA) is 62.1 Å². The molecule has 25 heavy (non-hydrogen) atoms. The van der Waals surface area contributed by atoms with Gasteiger partial charge in [-0.15, -0.1) is 0 Å². The van der Waals surface area contributed by atoms with Gasteiger partial charge in [0.15, 0.2) is 0 Å². The fourth-order valence-electron chi connectivity index (χ4n) is 2.02. The summed E-state index contributed by atoms with van der Waals surface area (Å²) in [5, 5.41) is 11.2. The van der Waals surface area contributed by atoms with Crippen LogP contribution in [-0.2, 0) is 17.8 Å². The second kappa shape index (κ2) is 9.75. The van der Waals surface area contributed by atoms with Crippen LogP contribution in [0.3, 0.4) is 0 Å². The number of alkyl carbamates (subject to hydrolysis) is 1. The molecule has 2 aromatic rings. The molecule has 0 saturated heterocycles. The molecule has 0 unspecified atom stereocenters. The number of amides is 1. The summed E-state index contributed by atoms with van der Waals surface area (Å²) in [5.41, 5.74) is 1.81. The van der Waals surface area contributed by atoms with Gasteiger partial charge >= 0.3 is 6.09 Å². The van der Waals surface area contributed by atoms with Crippen molar-refractivity contribution in [3.63, 3.8) is 0 Å². The molecule has 126 valence electrons. The molecule has 1 amide bonds. The Morgan fingerprint density at radius 2 is 2.00 bits per heavy atom. The number of hydrogen-bond donors (Lipinski definition) is 1. The molecule has 0 radical (unpaired) electrons. The van der Waals surface area contributed by atoms with Crippen molar-refractivity contribution in [2.45, 2.75) is 19.4 Å². The Balaban J connectivity index is 1.71. The molecule has 0 fully saturated rings. The van der Waals surface area contributed by atoms with Crippen LogP contribution in [0, 0.1) is 29.0 Å². The van der Waals surface area contributed by atoms with E-state index in [4.69, 9.17) is 10.00 Å². The van der Waals surface area contributed by atoms with Crippen LogP contribution < -0.4 is 5.32 Å². The Kier molecular flexibility index (Phi) is 7.03. The highest BCUT2D eigenvalue weighted by Crippen LogP contribution is 2.10. The molecule has 1 N–H and O–H groups in total. The molecule has 0 spiro atoms. The van der Waals surface area contributed by atoms with Gasteiger partial charge in [-0.2, -0.15) is 5.26 Å². The highest BCUT2D eigenvalue weighted by atomic mass is 19.1. The molecule has 5 heteroatoms. The Morgan fingerprint density at radius 1 is 1.20 bits per heavy atom. The first kappa shape index (κ1) is 18.0. The van der Waals surface area contributed by atoms with Gasteiger partial charge < -0.3 is 10.1 Å². The first-order valence-corrected chi connectivity index (χ1v) is 7.78. The first-order valence-electron chi connectivity index (χ1n) is 7.78. The molecule has 0 saturated carbocycles. The maximum atomic E-state index is 13.7. The van der Waals surface area contributed by atoms with Crippen molar-refractivity contribution in [2.75, 3.05) is 6.54 Å². The van der Waals surface area contributed by atoms with Gasteiger partial charge in [-0.1, -0.05) is 48.2 Å². The fraction of sp³-hybridized carbons (Fsp3) is 0.200. The van der Waals surface area contributed by atoms with Crippen molar-refractivity contribution in [2.24, 2.45) is 0 Å². The van der Waals surface area contributed by atoms with E-state index in [1.807, 2.05) is 36.4 Å². The van der Waals surface area contributed by atoms with Crippen molar-refractivity contribution in [1.29, 1.82) is 5.26 Å². The zero-order valence-electron chi connectivity index (χ0n) is 13.6. The molecule has 0 aliphatic heterocycles. The molecule has 0 aliphatic rings. The summed E-state index contributed by atoms with van der Waals surface area (Å²) in [6.07, 6.45) is -0.0473. The Hall–Kier alpha value is -3.31. The van der Waals surface area contributed by atoms with Crippen molar-refractivity contribution >= 4 is 6.09 Å². The van der Waals surface area contributed by atoms with Crippen LogP contribution in [0.15, 0.2) is 48.5 Å². The lowest BCUT2D eigenvalue weighted by Crippen LogP contribution is -2.24. The van der Waals surface area contributed by atoms with Crippen molar-refractivity contribution in [3.05, 3.63) is 71.0 Å². The minimum Gasteiger partial charge on any atom is -0.445 e. The van der Waals surface area contributed by atoms with Crippen LogP contribution in [0.25, 0.3) is 0 Å². The number of rotatable bonds is 5. The van der Waals surface area contributed by atoms with Crippen LogP contribution in [-0.4, -0.2) is 12.6 Å². The Morgan fingerprint density at radius 3 is 2.72 bits per heavy atom. The second-order valence-electron chi connectivity index (χ2n) is 5.18. The van der Waals surface area contributed by atoms with Gasteiger partial charge in [-0.3, -0.25) is 0 Å². The fourth-order valence-corrected chi connectivity index (χ4v) is 2.02. The minimum atomic E-state index is -0.502. The number of hydrogen-bond acceptors (Lipinski definition) is 3. The highest BCUT2D eigenvalue weighted by molar-refractivity contribution is 5.67. The van der Waals surface area contributed by atoms with Gasteiger partial charge in [0, 0.05) is 24.1 Å². The van der Waals surface area contributed by atoms with E-state index in [2.05, 4.69) is 17.2 Å². The third-order valence-electron chi connectivity index (χ3n) is 3.29. The smallest absolute Gasteiger partial charge is 0.407 e. The van der Waals surface area contributed by atoms with Crippen LogP contribution in [0.1, 0.15) is 23.1 Å². The summed E-state index contributed by atoms with van der Waals surface area (Å²) in [6, 6.07) is 15.8. The van der Waals surface area contributed by atoms with Crippen molar-refractivity contribution in [1.82, 2.24) is 5.32 Å². The summed E-state index contributed by atoms with van der Waals surface area (Å²) in [5.74, 6) is 5.24. The van der Waals surface area contributed by atoms with Crippen LogP contribution in [0.4, 0.5) is 9.18 Å². The average Bonchev–Trinajstić information content (AvgIpc) is 2.63. The third-order valence-corrected chi connectivity index (χ3v) is 3.29. The van der Waals surface area contributed by atoms with Crippen molar-refractivity contribution in [3.8, 4) is 17.9 Å². The first-order chi connectivity index (χ1) is 12.2. The van der Waals surface area contributed by atoms with Gasteiger partial charge in [0.05, 0.1) is 12.5 Å². The normalized spacial score (nSPS) is 9.44. The Labute approximate surface area is 146 Å². The largest absolute Gasteiger partial charge is 0.445 e. The van der Waals surface area contributed by atoms with Crippen LogP contribution in [0.2, 0.25) is 0 Å². The number of nitrogens with one attached hydrogen (secondary N) is 1. The van der Waals surface area contributed by atoms with E-state index in [9.17, 15) is 9.18 Å². The predicted octanol–water partition coefficient (Wildman–Crippen LogP) is 3.56. The van der Waals surface area contributed by atoms with E-state index in [0.29, 0.717) is 24.1 Å². The minimum absolute atomic E-state index is 0.0363. The van der Waals surface area contributed by atoms with E-state index < -0.39 is 11.9 Å². The zero-order valence-corrected chi connectivity index (χ0v) is 13.6. The summed E-state index contributed by atoms with van der Waals surface area (Å²) in [6.45, 7) is 0.558. The molecule has 2 aromatic carbocycles. The van der Waals surface area contributed by atoms with Crippen LogP contribution >= 0.6 is 0 Å². The summed E-state index contributed by atoms with van der Waals surface area (Å²) < 4.78 is 18.7. The monoisotopic (exact) mass is 336 g/mol. The Bertz CT molecular complexity index is 817. The number of nitrogens with zero attached hydrogens (tertiary/aromatic N) is 1. The number of carbonyl (C=O) groups is 1. The standard InChI is InChI=1S/C20H17FN2O2/c21-19-14-16(9-10-18(19)11-12-22)6-4-5-13-23-20(24)25-15-17-7-2-1-3-8-17/h1-3,7-10,14H,5,11,13,15H2,(H,23,24). The average molecular weight is 336 g/mol. The molecule has 0 heterocycles. The predicted molar refractivity (Wildman–Crippen MR) is 91.8 cm³/mol. The van der Waals surface area contributed by atoms with Crippen LogP contribution in [0.5, 0.6) is 0 Å². The van der Waals surface area contributed by atoms with E-state index >= 15 is 0 Å². The number of benzene rings is 2. The zero-order chi connectivity index (χ0) is 17.9. The molecular weight excluding hydrogens is 319 g/mol. The summed E-state index contributed by atoms with van der Waals surface area (Å²) in [4.78, 5) is 11.5. The number of carbonyl (C=O) groups excluding carboxylic acids is 1. The summed E-state index contributed by atoms with van der Waals surface area (Å²) >= 11 is 0. The lowest BCUT2D eigenvalue weighted by atomic mass is 10.1. The number of ether oxygens (including phenoxy) is 1. The third kappa shape index (κ3) is 6.37. The van der Waals surface area contributed by atoms with E-state index in [1.54, 1.807) is 12.1 Å². The maximum Gasteiger partial charge on any atom is 0.407 e. The molecule has 0 aliphatic carbocycles. The number of halogens is 1. The molecule has 2 rings (SSSR count). The van der Waals surface area contributed by atoms with Gasteiger partial charge in [0.25, 0.3) is 0 Å². The van der Waals surface area contributed by atoms with Gasteiger partial charge in [-0.25, -0.2) is 9.18 Å². The van der Waals surface area contributed by atoms with E-state index in [0.717, 1.165) is 5.56 Å². The quantitative estimate of drug-likeness (QED) is 0.671. The molecular formula is C20H17FN2O2. The summed E-state index contributed by atoms with van der Waals surface area (Å²) in [7, 11) is 0. The molecule has 4 nitrogen and oxygen atoms in total.